The minimum absolute atomic E-state index is 0.0163. The number of ether oxygens (including phenoxy) is 1. The van der Waals surface area contributed by atoms with E-state index in [4.69, 9.17) is 4.74 Å². The number of methoxy groups -OCH3 is 1. The molecule has 1 aromatic rings. The lowest BCUT2D eigenvalue weighted by molar-refractivity contribution is -0.127. The first-order valence-corrected chi connectivity index (χ1v) is 10.2. The summed E-state index contributed by atoms with van der Waals surface area (Å²) in [5.41, 5.74) is 1.16. The zero-order valence-electron chi connectivity index (χ0n) is 16.8. The molecule has 0 radical (unpaired) electrons. The number of fused-ring (bicyclic) bond motifs is 1. The molecule has 1 aromatic carbocycles. The van der Waals surface area contributed by atoms with Gasteiger partial charge in [0, 0.05) is 25.8 Å². The molecular weight excluding hydrogens is 340 g/mol. The summed E-state index contributed by atoms with van der Waals surface area (Å²) in [5.74, 6) is 0.141. The fourth-order valence-corrected chi connectivity index (χ4v) is 4.85. The zero-order chi connectivity index (χ0) is 19.4. The van der Waals surface area contributed by atoms with Crippen molar-refractivity contribution < 1.29 is 14.3 Å². The van der Waals surface area contributed by atoms with E-state index in [1.54, 1.807) is 7.11 Å². The van der Waals surface area contributed by atoms with Crippen molar-refractivity contribution in [3.63, 3.8) is 0 Å². The molecule has 5 heteroatoms. The number of carbonyl (C=O) groups excluding carboxylic acids is 2. The van der Waals surface area contributed by atoms with Gasteiger partial charge in [-0.05, 0) is 30.4 Å². The minimum atomic E-state index is -0.412. The van der Waals surface area contributed by atoms with E-state index < -0.39 is 5.54 Å². The van der Waals surface area contributed by atoms with Crippen molar-refractivity contribution in [3.8, 4) is 0 Å². The summed E-state index contributed by atoms with van der Waals surface area (Å²) in [6.07, 6.45) is 5.08. The molecule has 0 unspecified atom stereocenters. The summed E-state index contributed by atoms with van der Waals surface area (Å²) in [4.78, 5) is 28.8. The first-order valence-electron chi connectivity index (χ1n) is 10.2. The number of amides is 2. The van der Waals surface area contributed by atoms with Gasteiger partial charge in [0.2, 0.25) is 5.91 Å². The van der Waals surface area contributed by atoms with E-state index in [0.717, 1.165) is 31.2 Å². The second-order valence-electron chi connectivity index (χ2n) is 8.28. The molecule has 27 heavy (non-hydrogen) atoms. The number of hydrogen-bond acceptors (Lipinski definition) is 3. The molecule has 5 nitrogen and oxygen atoms in total. The Morgan fingerprint density at radius 1 is 1.26 bits per heavy atom. The zero-order valence-corrected chi connectivity index (χ0v) is 16.8. The van der Waals surface area contributed by atoms with Crippen LogP contribution in [0.4, 0.5) is 0 Å². The average molecular weight is 373 g/mol. The van der Waals surface area contributed by atoms with Gasteiger partial charge in [-0.2, -0.15) is 0 Å². The monoisotopic (exact) mass is 372 g/mol. The molecule has 1 N–H and O–H groups in total. The predicted molar refractivity (Wildman–Crippen MR) is 106 cm³/mol. The van der Waals surface area contributed by atoms with E-state index in [9.17, 15) is 9.59 Å². The Morgan fingerprint density at radius 2 is 1.96 bits per heavy atom. The molecule has 1 heterocycles. The first kappa shape index (κ1) is 19.9. The van der Waals surface area contributed by atoms with Crippen molar-refractivity contribution in [2.75, 3.05) is 26.8 Å². The maximum absolute atomic E-state index is 13.4. The van der Waals surface area contributed by atoms with Gasteiger partial charge < -0.3 is 15.0 Å². The van der Waals surface area contributed by atoms with Crippen LogP contribution in [0, 0.1) is 5.92 Å². The number of carbonyl (C=O) groups is 2. The number of nitrogens with zero attached hydrogens (tertiary/aromatic N) is 1. The topological polar surface area (TPSA) is 58.6 Å². The molecule has 2 amide bonds. The SMILES string of the molecule is COCCNC(=O)[C@@H]1c2ccccc2C(=O)N(CC(C)C)C12CCCCC2. The lowest BCUT2D eigenvalue weighted by atomic mass is 9.65. The summed E-state index contributed by atoms with van der Waals surface area (Å²) in [5, 5.41) is 3.05. The smallest absolute Gasteiger partial charge is 0.254 e. The van der Waals surface area contributed by atoms with Crippen LogP contribution in [0.2, 0.25) is 0 Å². The highest BCUT2D eigenvalue weighted by Crippen LogP contribution is 2.49. The molecule has 0 saturated heterocycles. The molecule has 1 saturated carbocycles. The van der Waals surface area contributed by atoms with E-state index in [1.807, 2.05) is 29.2 Å². The predicted octanol–water partition coefficient (Wildman–Crippen LogP) is 3.35. The second-order valence-corrected chi connectivity index (χ2v) is 8.28. The van der Waals surface area contributed by atoms with Crippen molar-refractivity contribution in [3.05, 3.63) is 35.4 Å². The maximum Gasteiger partial charge on any atom is 0.254 e. The lowest BCUT2D eigenvalue weighted by Crippen LogP contribution is -2.63. The second kappa shape index (κ2) is 8.42. The standard InChI is InChI=1S/C22H32N2O3/c1-16(2)15-24-21(26)18-10-6-5-9-17(18)19(20(25)23-13-14-27-3)22(24)11-7-4-8-12-22/h5-6,9-10,16,19H,4,7-8,11-15H2,1-3H3,(H,23,25)/t19-/m0/s1. The molecule has 0 aromatic heterocycles. The Hall–Kier alpha value is -1.88. The third kappa shape index (κ3) is 3.75. The van der Waals surface area contributed by atoms with Crippen LogP contribution < -0.4 is 5.32 Å². The molecule has 1 aliphatic carbocycles. The highest BCUT2D eigenvalue weighted by molar-refractivity contribution is 6.02. The summed E-state index contributed by atoms with van der Waals surface area (Å²) in [6.45, 7) is 5.94. The van der Waals surface area contributed by atoms with Gasteiger partial charge in [-0.3, -0.25) is 9.59 Å². The summed E-state index contributed by atoms with van der Waals surface area (Å²) in [7, 11) is 1.63. The van der Waals surface area contributed by atoms with Crippen molar-refractivity contribution in [2.24, 2.45) is 5.92 Å². The summed E-state index contributed by atoms with van der Waals surface area (Å²) in [6, 6.07) is 7.67. The number of rotatable bonds is 6. The summed E-state index contributed by atoms with van der Waals surface area (Å²) >= 11 is 0. The lowest BCUT2D eigenvalue weighted by Gasteiger charge is -2.54. The molecule has 1 aliphatic heterocycles. The van der Waals surface area contributed by atoms with Gasteiger partial charge in [-0.15, -0.1) is 0 Å². The van der Waals surface area contributed by atoms with Crippen LogP contribution in [0.15, 0.2) is 24.3 Å². The molecule has 1 spiro atoms. The molecule has 1 fully saturated rings. The molecule has 1 atom stereocenters. The third-order valence-corrected chi connectivity index (χ3v) is 5.96. The van der Waals surface area contributed by atoms with Crippen LogP contribution >= 0.6 is 0 Å². The van der Waals surface area contributed by atoms with E-state index in [2.05, 4.69) is 19.2 Å². The quantitative estimate of drug-likeness (QED) is 0.779. The fraction of sp³-hybridized carbons (Fsp3) is 0.636. The Balaban J connectivity index is 2.08. The Bertz CT molecular complexity index is 680. The van der Waals surface area contributed by atoms with E-state index in [1.165, 1.54) is 6.42 Å². The third-order valence-electron chi connectivity index (χ3n) is 5.96. The first-order chi connectivity index (χ1) is 13.0. The Labute approximate surface area is 162 Å². The molecule has 0 bridgehead atoms. The number of hydrogen-bond donors (Lipinski definition) is 1. The largest absolute Gasteiger partial charge is 0.383 e. The Kier molecular flexibility index (Phi) is 6.20. The Morgan fingerprint density at radius 3 is 2.63 bits per heavy atom. The van der Waals surface area contributed by atoms with Gasteiger partial charge >= 0.3 is 0 Å². The van der Waals surface area contributed by atoms with Crippen LogP contribution in [0.25, 0.3) is 0 Å². The molecule has 148 valence electrons. The van der Waals surface area contributed by atoms with Crippen molar-refractivity contribution in [1.82, 2.24) is 10.2 Å². The van der Waals surface area contributed by atoms with Crippen molar-refractivity contribution >= 4 is 11.8 Å². The molecule has 3 rings (SSSR count). The van der Waals surface area contributed by atoms with E-state index in [-0.39, 0.29) is 17.7 Å². The number of benzene rings is 1. The van der Waals surface area contributed by atoms with Gasteiger partial charge in [0.05, 0.1) is 18.1 Å². The molecular formula is C22H32N2O3. The van der Waals surface area contributed by atoms with E-state index in [0.29, 0.717) is 31.2 Å². The minimum Gasteiger partial charge on any atom is -0.383 e. The van der Waals surface area contributed by atoms with E-state index >= 15 is 0 Å². The van der Waals surface area contributed by atoms with Gasteiger partial charge in [0.1, 0.15) is 0 Å². The summed E-state index contributed by atoms with van der Waals surface area (Å²) < 4.78 is 5.10. The normalized spacial score (nSPS) is 21.4. The van der Waals surface area contributed by atoms with Crippen LogP contribution in [0.5, 0.6) is 0 Å². The van der Waals surface area contributed by atoms with Crippen molar-refractivity contribution in [1.29, 1.82) is 0 Å². The average Bonchev–Trinajstić information content (AvgIpc) is 2.66. The highest BCUT2D eigenvalue weighted by Gasteiger charge is 2.54. The van der Waals surface area contributed by atoms with Crippen LogP contribution in [0.1, 0.15) is 67.8 Å². The van der Waals surface area contributed by atoms with Gasteiger partial charge in [-0.25, -0.2) is 0 Å². The highest BCUT2D eigenvalue weighted by atomic mass is 16.5. The fourth-order valence-electron chi connectivity index (χ4n) is 4.85. The van der Waals surface area contributed by atoms with Crippen LogP contribution in [-0.4, -0.2) is 49.1 Å². The van der Waals surface area contributed by atoms with Crippen LogP contribution in [-0.2, 0) is 9.53 Å². The van der Waals surface area contributed by atoms with Gasteiger partial charge in [0.25, 0.3) is 5.91 Å². The van der Waals surface area contributed by atoms with Crippen LogP contribution in [0.3, 0.4) is 0 Å². The maximum atomic E-state index is 13.4. The molecule has 2 aliphatic rings. The number of nitrogens with one attached hydrogen (secondary N) is 1. The van der Waals surface area contributed by atoms with Crippen molar-refractivity contribution in [2.45, 2.75) is 57.4 Å². The van der Waals surface area contributed by atoms with Gasteiger partial charge in [-0.1, -0.05) is 51.3 Å². The van der Waals surface area contributed by atoms with Gasteiger partial charge in [0.15, 0.2) is 0 Å².